The first kappa shape index (κ1) is 25.3. The normalized spacial score (nSPS) is 11.8. The van der Waals surface area contributed by atoms with Gasteiger partial charge in [0.1, 0.15) is 0 Å². The highest BCUT2D eigenvalue weighted by atomic mass is 35.5. The minimum absolute atomic E-state index is 0.0633. The van der Waals surface area contributed by atoms with Gasteiger partial charge in [0.15, 0.2) is 11.0 Å². The second kappa shape index (κ2) is 11.3. The molecule has 0 radical (unpaired) electrons. The maximum absolute atomic E-state index is 11.8. The summed E-state index contributed by atoms with van der Waals surface area (Å²) in [6.07, 6.45) is 9.74. The van der Waals surface area contributed by atoms with Gasteiger partial charge in [-0.15, -0.1) is 0 Å². The smallest absolute Gasteiger partial charge is 0.282 e. The van der Waals surface area contributed by atoms with Gasteiger partial charge in [0.25, 0.3) is 5.82 Å². The molecule has 2 heterocycles. The van der Waals surface area contributed by atoms with E-state index in [1.165, 1.54) is 16.5 Å². The van der Waals surface area contributed by atoms with Crippen molar-refractivity contribution >= 4 is 63.2 Å². The van der Waals surface area contributed by atoms with Gasteiger partial charge < -0.3 is 15.6 Å². The molecule has 0 saturated heterocycles. The lowest BCUT2D eigenvalue weighted by atomic mass is 10.1. The molecule has 0 aliphatic rings. The highest BCUT2D eigenvalue weighted by molar-refractivity contribution is 6.42. The molecule has 0 unspecified atom stereocenters. The average Bonchev–Trinajstić information content (AvgIpc) is 3.30. The zero-order chi connectivity index (χ0) is 24.9. The molecule has 0 aliphatic heterocycles. The van der Waals surface area contributed by atoms with E-state index in [0.29, 0.717) is 29.6 Å². The Hall–Kier alpha value is -2.80. The van der Waals surface area contributed by atoms with Crippen LogP contribution < -0.4 is 15.6 Å². The lowest BCUT2D eigenvalue weighted by Gasteiger charge is -2.04. The van der Waals surface area contributed by atoms with Gasteiger partial charge in [-0.25, -0.2) is 9.13 Å². The van der Waals surface area contributed by atoms with Gasteiger partial charge in [0.2, 0.25) is 5.91 Å². The quantitative estimate of drug-likeness (QED) is 0.230. The molecule has 2 aromatic carbocycles. The number of carbonyl (C=O) groups excluding carboxylic acids is 1. The van der Waals surface area contributed by atoms with Gasteiger partial charge in [-0.05, 0) is 31.4 Å². The number of nitrogens with one attached hydrogen (secondary N) is 1. The summed E-state index contributed by atoms with van der Waals surface area (Å²) in [5.74, 6) is 1.13. The summed E-state index contributed by atoms with van der Waals surface area (Å²) in [5, 5.41) is 5.13. The van der Waals surface area contributed by atoms with Crippen LogP contribution in [0.2, 0.25) is 10.0 Å². The van der Waals surface area contributed by atoms with Crippen molar-refractivity contribution in [1.82, 2.24) is 14.5 Å². The number of aromatic nitrogens is 3. The number of aryl methyl sites for hydroxylation is 3. The molecule has 184 valence electrons. The maximum Gasteiger partial charge on any atom is 0.282 e. The van der Waals surface area contributed by atoms with Crippen molar-refractivity contribution in [3.8, 4) is 0 Å². The summed E-state index contributed by atoms with van der Waals surface area (Å²) in [6, 6.07) is 12.3. The number of carbonyl (C=O) groups is 1. The van der Waals surface area contributed by atoms with Crippen LogP contribution in [0.4, 0.5) is 0 Å². The van der Waals surface area contributed by atoms with Crippen LogP contribution in [0.5, 0.6) is 0 Å². The first-order valence-electron chi connectivity index (χ1n) is 12.0. The molecule has 6 nitrogen and oxygen atoms in total. The number of benzene rings is 2. The number of fused-ring (bicyclic) bond motifs is 2. The fourth-order valence-electron chi connectivity index (χ4n) is 4.58. The van der Waals surface area contributed by atoms with Gasteiger partial charge in [-0.2, -0.15) is 0 Å². The van der Waals surface area contributed by atoms with Crippen molar-refractivity contribution in [3.05, 3.63) is 64.0 Å². The van der Waals surface area contributed by atoms with E-state index in [2.05, 4.69) is 68.7 Å². The lowest BCUT2D eigenvalue weighted by molar-refractivity contribution is -0.647. The molecule has 0 saturated carbocycles. The number of rotatable bonds is 10. The highest BCUT2D eigenvalue weighted by Gasteiger charge is 2.22. The SMILES string of the molecule is Cn1cc(/C=C/c2n(CCCCCC(=O)NCCN)c3cc(Cl)c(Cl)cc3[n+]2C)c2ccccc21. The Bertz CT molecular complexity index is 1390. The molecule has 0 aliphatic carbocycles. The number of para-hydroxylation sites is 1. The third-order valence-electron chi connectivity index (χ3n) is 6.38. The molecule has 0 atom stereocenters. The molecule has 35 heavy (non-hydrogen) atoms. The van der Waals surface area contributed by atoms with Gasteiger partial charge in [0, 0.05) is 67.4 Å². The van der Waals surface area contributed by atoms with E-state index in [-0.39, 0.29) is 5.91 Å². The summed E-state index contributed by atoms with van der Waals surface area (Å²) in [6.45, 7) is 1.81. The van der Waals surface area contributed by atoms with E-state index < -0.39 is 0 Å². The summed E-state index contributed by atoms with van der Waals surface area (Å²) in [4.78, 5) is 11.8. The van der Waals surface area contributed by atoms with Crippen LogP contribution in [0.25, 0.3) is 34.1 Å². The Morgan fingerprint density at radius 3 is 2.66 bits per heavy atom. The first-order valence-corrected chi connectivity index (χ1v) is 12.7. The lowest BCUT2D eigenvalue weighted by Crippen LogP contribution is -2.31. The van der Waals surface area contributed by atoms with Gasteiger partial charge >= 0.3 is 0 Å². The average molecular weight is 513 g/mol. The Morgan fingerprint density at radius 2 is 1.86 bits per heavy atom. The van der Waals surface area contributed by atoms with Crippen molar-refractivity contribution in [2.75, 3.05) is 13.1 Å². The number of hydrogen-bond acceptors (Lipinski definition) is 2. The highest BCUT2D eigenvalue weighted by Crippen LogP contribution is 2.29. The van der Waals surface area contributed by atoms with Crippen molar-refractivity contribution < 1.29 is 9.36 Å². The van der Waals surface area contributed by atoms with E-state index in [9.17, 15) is 4.79 Å². The Labute approximate surface area is 215 Å². The largest absolute Gasteiger partial charge is 0.355 e. The summed E-state index contributed by atoms with van der Waals surface area (Å²) < 4.78 is 6.58. The summed E-state index contributed by atoms with van der Waals surface area (Å²) in [7, 11) is 4.12. The van der Waals surface area contributed by atoms with Gasteiger partial charge in [0.05, 0.1) is 23.6 Å². The van der Waals surface area contributed by atoms with Crippen molar-refractivity contribution in [2.45, 2.75) is 32.2 Å². The molecule has 0 spiro atoms. The van der Waals surface area contributed by atoms with Crippen LogP contribution in [0.3, 0.4) is 0 Å². The second-order valence-corrected chi connectivity index (χ2v) is 9.63. The maximum atomic E-state index is 11.8. The van der Waals surface area contributed by atoms with Crippen molar-refractivity contribution in [1.29, 1.82) is 0 Å². The van der Waals surface area contributed by atoms with Crippen LogP contribution in [-0.4, -0.2) is 28.1 Å². The van der Waals surface area contributed by atoms with E-state index in [4.69, 9.17) is 28.9 Å². The summed E-state index contributed by atoms with van der Waals surface area (Å²) >= 11 is 12.7. The number of nitrogens with two attached hydrogens (primary N) is 1. The Kier molecular flexibility index (Phi) is 8.16. The predicted octanol–water partition coefficient (Wildman–Crippen LogP) is 5.07. The molecule has 2 aromatic heterocycles. The molecule has 0 fully saturated rings. The van der Waals surface area contributed by atoms with Crippen LogP contribution in [0.1, 0.15) is 37.1 Å². The molecule has 3 N–H and O–H groups in total. The van der Waals surface area contributed by atoms with Crippen molar-refractivity contribution in [3.63, 3.8) is 0 Å². The monoisotopic (exact) mass is 512 g/mol. The number of unbranched alkanes of at least 4 members (excludes halogenated alkanes) is 2. The molecule has 4 aromatic rings. The van der Waals surface area contributed by atoms with E-state index in [1.54, 1.807) is 0 Å². The predicted molar refractivity (Wildman–Crippen MR) is 146 cm³/mol. The Balaban J connectivity index is 1.60. The molecule has 1 amide bonds. The number of hydrogen-bond donors (Lipinski definition) is 2. The third kappa shape index (κ3) is 5.56. The van der Waals surface area contributed by atoms with Crippen LogP contribution in [-0.2, 0) is 25.4 Å². The third-order valence-corrected chi connectivity index (χ3v) is 7.10. The standard InChI is InChI=1S/C27H31Cl2N5O/c1-32-18-19(20-8-5-6-9-23(20)32)11-12-27-33(2)24-16-21(28)22(29)17-25(24)34(27)15-7-3-4-10-26(35)31-14-13-30/h5-6,8-9,11-12,16-18H,3-4,7,10,13-15,30H2,1-2H3/p+1. The molecular weight excluding hydrogens is 481 g/mol. The fourth-order valence-corrected chi connectivity index (χ4v) is 4.89. The minimum atomic E-state index is 0.0633. The van der Waals surface area contributed by atoms with E-state index in [0.717, 1.165) is 42.7 Å². The Morgan fingerprint density at radius 1 is 1.09 bits per heavy atom. The first-order chi connectivity index (χ1) is 16.9. The van der Waals surface area contributed by atoms with Gasteiger partial charge in [-0.3, -0.25) is 4.79 Å². The van der Waals surface area contributed by atoms with Gasteiger partial charge in [-0.1, -0.05) is 41.4 Å². The minimum Gasteiger partial charge on any atom is -0.355 e. The number of halogens is 2. The molecule has 4 rings (SSSR count). The molecular formula is C27H32Cl2N5O+. The van der Waals surface area contributed by atoms with Crippen LogP contribution >= 0.6 is 23.2 Å². The zero-order valence-electron chi connectivity index (χ0n) is 20.2. The fraction of sp³-hybridized carbons (Fsp3) is 0.333. The summed E-state index contributed by atoms with van der Waals surface area (Å²) in [5.41, 5.74) is 9.88. The van der Waals surface area contributed by atoms with Crippen LogP contribution in [0.15, 0.2) is 42.6 Å². The second-order valence-electron chi connectivity index (χ2n) is 8.82. The number of nitrogens with zero attached hydrogens (tertiary/aromatic N) is 3. The topological polar surface area (TPSA) is 68.9 Å². The number of amides is 1. The zero-order valence-corrected chi connectivity index (χ0v) is 21.7. The van der Waals surface area contributed by atoms with Crippen molar-refractivity contribution in [2.24, 2.45) is 19.8 Å². The molecule has 8 heteroatoms. The molecule has 0 bridgehead atoms. The number of imidazole rings is 1. The van der Waals surface area contributed by atoms with E-state index >= 15 is 0 Å². The van der Waals surface area contributed by atoms with E-state index in [1.807, 2.05) is 19.2 Å². The van der Waals surface area contributed by atoms with Crippen LogP contribution in [0, 0.1) is 0 Å².